The van der Waals surface area contributed by atoms with Gasteiger partial charge in [0.2, 0.25) is 0 Å². The Morgan fingerprint density at radius 3 is 1.82 bits per heavy atom. The van der Waals surface area contributed by atoms with E-state index in [9.17, 15) is 29.4 Å². The average molecular weight is 506 g/mol. The number of rotatable bonds is 6. The van der Waals surface area contributed by atoms with Crippen LogP contribution in [0.1, 0.15) is 74.8 Å². The van der Waals surface area contributed by atoms with Crippen LogP contribution in [0, 0.1) is 13.8 Å². The van der Waals surface area contributed by atoms with Gasteiger partial charge in [-0.1, -0.05) is 36.4 Å². The Labute approximate surface area is 218 Å². The predicted octanol–water partition coefficient (Wildman–Crippen LogP) is 5.81. The molecule has 0 amide bonds. The minimum Gasteiger partial charge on any atom is -0.478 e. The zero-order valence-electron chi connectivity index (χ0n) is 20.7. The lowest BCUT2D eigenvalue weighted by Crippen LogP contribution is -2.23. The molecule has 0 unspecified atom stereocenters. The van der Waals surface area contributed by atoms with Crippen LogP contribution in [0.5, 0.6) is 0 Å². The summed E-state index contributed by atoms with van der Waals surface area (Å²) in [7, 11) is 0. The van der Waals surface area contributed by atoms with Gasteiger partial charge in [-0.3, -0.25) is 9.59 Å². The zero-order valence-corrected chi connectivity index (χ0v) is 20.7. The molecule has 0 spiro atoms. The molecular weight excluding hydrogens is 482 g/mol. The summed E-state index contributed by atoms with van der Waals surface area (Å²) >= 11 is 0. The van der Waals surface area contributed by atoms with E-state index in [1.54, 1.807) is 24.3 Å². The SMILES string of the molecule is Cc1cc(Nc2ccc(Cc3cc(C(=O)O)cc(C(=O)O)c3)cc2)c2c(c1C)C(=O)c1ccccc1C2=O. The lowest BCUT2D eigenvalue weighted by atomic mass is 9.80. The number of fused-ring (bicyclic) bond motifs is 2. The number of carbonyl (C=O) groups excluding carboxylic acids is 2. The number of ketones is 2. The fourth-order valence-corrected chi connectivity index (χ4v) is 4.82. The molecule has 188 valence electrons. The number of carboxylic acid groups (broad SMARTS) is 2. The molecule has 1 aliphatic rings. The first-order valence-corrected chi connectivity index (χ1v) is 11.9. The van der Waals surface area contributed by atoms with Crippen LogP contribution in [-0.2, 0) is 6.42 Å². The molecule has 0 saturated heterocycles. The van der Waals surface area contributed by atoms with Gasteiger partial charge in [0, 0.05) is 22.4 Å². The maximum atomic E-state index is 13.5. The van der Waals surface area contributed by atoms with E-state index in [1.807, 2.05) is 44.2 Å². The predicted molar refractivity (Wildman–Crippen MR) is 142 cm³/mol. The zero-order chi connectivity index (χ0) is 27.1. The molecule has 3 N–H and O–H groups in total. The summed E-state index contributed by atoms with van der Waals surface area (Å²) in [5, 5.41) is 21.9. The van der Waals surface area contributed by atoms with Gasteiger partial charge in [-0.25, -0.2) is 9.59 Å². The number of nitrogens with one attached hydrogen (secondary N) is 1. The minimum absolute atomic E-state index is 0.0847. The Kier molecular flexibility index (Phi) is 6.12. The highest BCUT2D eigenvalue weighted by molar-refractivity contribution is 6.30. The molecule has 0 bridgehead atoms. The Hall–Kier alpha value is -5.04. The van der Waals surface area contributed by atoms with Crippen molar-refractivity contribution < 1.29 is 29.4 Å². The molecule has 1 aliphatic carbocycles. The normalized spacial score (nSPS) is 12.1. The maximum Gasteiger partial charge on any atom is 0.335 e. The summed E-state index contributed by atoms with van der Waals surface area (Å²) in [6, 6.07) is 20.1. The molecule has 0 atom stereocenters. The first kappa shape index (κ1) is 24.6. The second kappa shape index (κ2) is 9.44. The molecule has 38 heavy (non-hydrogen) atoms. The summed E-state index contributed by atoms with van der Waals surface area (Å²) in [4.78, 5) is 49.6. The highest BCUT2D eigenvalue weighted by atomic mass is 16.4. The van der Waals surface area contributed by atoms with Gasteiger partial charge >= 0.3 is 11.9 Å². The fraction of sp³-hybridized carbons (Fsp3) is 0.0968. The van der Waals surface area contributed by atoms with Crippen LogP contribution in [0.2, 0.25) is 0 Å². The standard InChI is InChI=1S/C31H23NO6/c1-16-11-25(27-26(17(16)2)28(33)23-5-3-4-6-24(23)29(27)34)32-22-9-7-18(8-10-22)12-19-13-20(30(35)36)15-21(14-19)31(37)38/h3-11,13-15,32H,12H2,1-2H3,(H,35,36)(H,37,38). The average Bonchev–Trinajstić information content (AvgIpc) is 2.90. The molecule has 0 aliphatic heterocycles. The van der Waals surface area contributed by atoms with Gasteiger partial charge in [0.25, 0.3) is 0 Å². The molecular formula is C31H23NO6. The Morgan fingerprint density at radius 1 is 0.711 bits per heavy atom. The van der Waals surface area contributed by atoms with E-state index < -0.39 is 11.9 Å². The van der Waals surface area contributed by atoms with E-state index in [4.69, 9.17) is 0 Å². The molecule has 7 heteroatoms. The maximum absolute atomic E-state index is 13.5. The van der Waals surface area contributed by atoms with Gasteiger partial charge in [0.05, 0.1) is 22.4 Å². The summed E-state index contributed by atoms with van der Waals surface area (Å²) in [5.41, 5.74) is 5.71. The number of hydrogen-bond donors (Lipinski definition) is 3. The Balaban J connectivity index is 1.46. The van der Waals surface area contributed by atoms with Gasteiger partial charge < -0.3 is 15.5 Å². The third kappa shape index (κ3) is 4.35. The summed E-state index contributed by atoms with van der Waals surface area (Å²) in [6.45, 7) is 3.75. The van der Waals surface area contributed by atoms with E-state index >= 15 is 0 Å². The van der Waals surface area contributed by atoms with E-state index in [-0.39, 0.29) is 22.7 Å². The van der Waals surface area contributed by atoms with Gasteiger partial charge in [0.1, 0.15) is 0 Å². The van der Waals surface area contributed by atoms with Crippen molar-refractivity contribution in [3.63, 3.8) is 0 Å². The highest BCUT2D eigenvalue weighted by Crippen LogP contribution is 2.37. The first-order valence-electron chi connectivity index (χ1n) is 11.9. The van der Waals surface area contributed by atoms with Crippen molar-refractivity contribution in [1.82, 2.24) is 0 Å². The topological polar surface area (TPSA) is 121 Å². The molecule has 0 radical (unpaired) electrons. The Bertz CT molecular complexity index is 1630. The second-order valence-electron chi connectivity index (χ2n) is 9.35. The summed E-state index contributed by atoms with van der Waals surface area (Å²) in [6.07, 6.45) is 0.338. The Morgan fingerprint density at radius 2 is 1.26 bits per heavy atom. The molecule has 7 nitrogen and oxygen atoms in total. The van der Waals surface area contributed by atoms with Crippen molar-refractivity contribution in [2.24, 2.45) is 0 Å². The van der Waals surface area contributed by atoms with E-state index in [1.165, 1.54) is 12.1 Å². The number of aryl methyl sites for hydroxylation is 1. The smallest absolute Gasteiger partial charge is 0.335 e. The first-order chi connectivity index (χ1) is 18.1. The van der Waals surface area contributed by atoms with Gasteiger partial charge in [-0.05, 0) is 78.9 Å². The van der Waals surface area contributed by atoms with E-state index in [0.717, 1.165) is 22.8 Å². The largest absolute Gasteiger partial charge is 0.478 e. The molecule has 0 heterocycles. The monoisotopic (exact) mass is 505 g/mol. The lowest BCUT2D eigenvalue weighted by Gasteiger charge is -2.24. The van der Waals surface area contributed by atoms with Crippen molar-refractivity contribution in [3.05, 3.63) is 128 Å². The molecule has 5 rings (SSSR count). The number of aromatic carboxylic acids is 2. The molecule has 4 aromatic rings. The van der Waals surface area contributed by atoms with Crippen molar-refractivity contribution >= 4 is 34.9 Å². The second-order valence-corrected chi connectivity index (χ2v) is 9.35. The molecule has 4 aromatic carbocycles. The summed E-state index contributed by atoms with van der Waals surface area (Å²) < 4.78 is 0. The van der Waals surface area contributed by atoms with Gasteiger partial charge in [-0.15, -0.1) is 0 Å². The molecule has 0 aromatic heterocycles. The van der Waals surface area contributed by atoms with Crippen LogP contribution in [0.15, 0.2) is 72.8 Å². The van der Waals surface area contributed by atoms with Crippen LogP contribution >= 0.6 is 0 Å². The van der Waals surface area contributed by atoms with E-state index in [2.05, 4.69) is 5.32 Å². The molecule has 0 fully saturated rings. The van der Waals surface area contributed by atoms with Crippen LogP contribution < -0.4 is 5.32 Å². The van der Waals surface area contributed by atoms with E-state index in [0.29, 0.717) is 45.6 Å². The fourth-order valence-electron chi connectivity index (χ4n) is 4.82. The third-order valence-corrected chi connectivity index (χ3v) is 6.85. The lowest BCUT2D eigenvalue weighted by molar-refractivity contribution is 0.0696. The number of anilines is 2. The number of carbonyl (C=O) groups is 4. The number of hydrogen-bond acceptors (Lipinski definition) is 5. The van der Waals surface area contributed by atoms with Gasteiger partial charge in [0.15, 0.2) is 11.6 Å². The van der Waals surface area contributed by atoms with Gasteiger partial charge in [-0.2, -0.15) is 0 Å². The molecule has 0 saturated carbocycles. The van der Waals surface area contributed by atoms with Crippen LogP contribution in [0.3, 0.4) is 0 Å². The number of benzene rings is 4. The van der Waals surface area contributed by atoms with Crippen molar-refractivity contribution in [1.29, 1.82) is 0 Å². The number of carboxylic acids is 2. The van der Waals surface area contributed by atoms with Crippen molar-refractivity contribution in [2.45, 2.75) is 20.3 Å². The summed E-state index contributed by atoms with van der Waals surface area (Å²) in [5.74, 6) is -2.76. The third-order valence-electron chi connectivity index (χ3n) is 6.85. The quantitative estimate of drug-likeness (QED) is 0.266. The van der Waals surface area contributed by atoms with Crippen LogP contribution in [-0.4, -0.2) is 33.7 Å². The van der Waals surface area contributed by atoms with Crippen LogP contribution in [0.4, 0.5) is 11.4 Å². The van der Waals surface area contributed by atoms with Crippen molar-refractivity contribution in [3.8, 4) is 0 Å². The van der Waals surface area contributed by atoms with Crippen molar-refractivity contribution in [2.75, 3.05) is 5.32 Å². The van der Waals surface area contributed by atoms with Crippen LogP contribution in [0.25, 0.3) is 0 Å². The highest BCUT2D eigenvalue weighted by Gasteiger charge is 2.33. The minimum atomic E-state index is -1.19.